The fraction of sp³-hybridized carbons (Fsp3) is 0.421. The second kappa shape index (κ2) is 30.3. The van der Waals surface area contributed by atoms with E-state index in [4.69, 9.17) is 37.9 Å². The fourth-order valence-corrected chi connectivity index (χ4v) is 11.1. The van der Waals surface area contributed by atoms with Crippen LogP contribution in [0.2, 0.25) is 0 Å². The molecule has 0 radical (unpaired) electrons. The number of nitriles is 2. The van der Waals surface area contributed by atoms with Crippen molar-refractivity contribution in [1.29, 1.82) is 10.5 Å². The number of ether oxygens (including phenoxy) is 9. The minimum absolute atomic E-state index is 0.0559. The first-order valence-corrected chi connectivity index (χ1v) is 27.2. The number of carbonyl (C=O) groups is 9. The molecule has 1 aliphatic heterocycles. The molecule has 0 amide bonds. The minimum atomic E-state index is -0.641. The van der Waals surface area contributed by atoms with Crippen molar-refractivity contribution in [1.82, 2.24) is 0 Å². The molecule has 0 N–H and O–H groups in total. The molecule has 1 heterocycles. The van der Waals surface area contributed by atoms with Gasteiger partial charge in [0.05, 0.1) is 83.7 Å². The maximum atomic E-state index is 13.7. The number of esters is 9. The van der Waals surface area contributed by atoms with Crippen LogP contribution < -0.4 is 18.9 Å². The Kier molecular flexibility index (Phi) is 23.1. The summed E-state index contributed by atoms with van der Waals surface area (Å²) in [5.41, 5.74) is 1.96. The van der Waals surface area contributed by atoms with Crippen LogP contribution in [-0.4, -0.2) is 87.3 Å². The maximum Gasteiger partial charge on any atom is 0.330 e. The van der Waals surface area contributed by atoms with Gasteiger partial charge in [0.2, 0.25) is 0 Å². The van der Waals surface area contributed by atoms with Crippen LogP contribution >= 0.6 is 23.5 Å². The van der Waals surface area contributed by atoms with Crippen LogP contribution in [0.1, 0.15) is 93.7 Å². The molecule has 3 aromatic carbocycles. The summed E-state index contributed by atoms with van der Waals surface area (Å²) in [5, 5.41) is 19.5. The minimum Gasteiger partial charge on any atom is -0.469 e. The molecular weight excluding hydrogens is 1060 g/mol. The molecule has 2 saturated carbocycles. The summed E-state index contributed by atoms with van der Waals surface area (Å²) in [6.45, 7) is 4.85. The average Bonchev–Trinajstić information content (AvgIpc) is 3.93. The molecule has 3 aromatic rings. The van der Waals surface area contributed by atoms with Gasteiger partial charge < -0.3 is 42.6 Å². The summed E-state index contributed by atoms with van der Waals surface area (Å²) in [5.74, 6) is -5.72. The molecule has 0 saturated heterocycles. The Labute approximate surface area is 464 Å². The van der Waals surface area contributed by atoms with E-state index in [1.807, 2.05) is 12.1 Å². The van der Waals surface area contributed by atoms with Crippen LogP contribution in [0, 0.1) is 53.3 Å². The van der Waals surface area contributed by atoms with Crippen molar-refractivity contribution in [3.8, 4) is 35.1 Å². The summed E-state index contributed by atoms with van der Waals surface area (Å²) in [6, 6.07) is 18.9. The molecule has 0 aromatic heterocycles. The van der Waals surface area contributed by atoms with Crippen LogP contribution in [0.5, 0.6) is 23.0 Å². The molecule has 3 aliphatic rings. The van der Waals surface area contributed by atoms with Crippen molar-refractivity contribution < 1.29 is 85.8 Å². The summed E-state index contributed by atoms with van der Waals surface area (Å²) in [7, 11) is 1.24. The predicted molar refractivity (Wildman–Crippen MR) is 279 cm³/mol. The van der Waals surface area contributed by atoms with Gasteiger partial charge in [-0.25, -0.2) is 4.79 Å². The lowest BCUT2D eigenvalue weighted by Crippen LogP contribution is -2.31. The topological polar surface area (TPSA) is 284 Å². The molecular formula is C57H58N2O18S2. The first kappa shape index (κ1) is 60.3. The number of allylic oxidation sites excluding steroid dienone is 1. The highest BCUT2D eigenvalue weighted by Gasteiger charge is 2.37. The SMILES string of the molecule is C=CC(=O)OCCOC(=O)CCC(=O)OCCc1ccc(OC(=O)C2CCC(C(=O)Oc3cc(C)c(OC(=O)C4CCC(C(=O)Oc5ccc(CCOC(=O)CCC(=O)OC)cc5)CC4)c4c3SC(=C(C#N)C#N)S4)CC2)cc1. The van der Waals surface area contributed by atoms with Crippen molar-refractivity contribution in [2.45, 2.75) is 107 Å². The fourth-order valence-electron chi connectivity index (χ4n) is 8.54. The van der Waals surface area contributed by atoms with Gasteiger partial charge in [-0.05, 0) is 105 Å². The molecule has 0 bridgehead atoms. The molecule has 0 unspecified atom stereocenters. The van der Waals surface area contributed by atoms with Crippen LogP contribution in [0.3, 0.4) is 0 Å². The Balaban J connectivity index is 0.941. The van der Waals surface area contributed by atoms with Crippen molar-refractivity contribution in [2.75, 3.05) is 33.5 Å². The number of aryl methyl sites for hydroxylation is 1. The van der Waals surface area contributed by atoms with Crippen LogP contribution in [0.4, 0.5) is 0 Å². The summed E-state index contributed by atoms with van der Waals surface area (Å²) in [4.78, 5) is 113. The van der Waals surface area contributed by atoms with Gasteiger partial charge in [-0.2, -0.15) is 10.5 Å². The monoisotopic (exact) mass is 1120 g/mol. The summed E-state index contributed by atoms with van der Waals surface area (Å²) in [6.07, 6.45) is 4.16. The number of thioether (sulfide) groups is 2. The average molecular weight is 1120 g/mol. The Hall–Kier alpha value is -7.95. The van der Waals surface area contributed by atoms with E-state index in [0.717, 1.165) is 40.7 Å². The second-order valence-electron chi connectivity index (χ2n) is 18.4. The van der Waals surface area contributed by atoms with Crippen molar-refractivity contribution in [3.63, 3.8) is 0 Å². The molecule has 0 atom stereocenters. The normalized spacial score (nSPS) is 17.2. The van der Waals surface area contributed by atoms with Gasteiger partial charge >= 0.3 is 53.7 Å². The molecule has 2 aliphatic carbocycles. The van der Waals surface area contributed by atoms with Crippen LogP contribution in [-0.2, 0) is 79.7 Å². The zero-order valence-electron chi connectivity index (χ0n) is 43.6. The van der Waals surface area contributed by atoms with E-state index in [0.29, 0.717) is 95.3 Å². The zero-order chi connectivity index (χ0) is 56.8. The third-order valence-electron chi connectivity index (χ3n) is 13.0. The van der Waals surface area contributed by atoms with Crippen molar-refractivity contribution >= 4 is 77.2 Å². The maximum absolute atomic E-state index is 13.7. The van der Waals surface area contributed by atoms with E-state index in [-0.39, 0.29) is 69.2 Å². The first-order valence-electron chi connectivity index (χ1n) is 25.5. The molecule has 20 nitrogen and oxygen atoms in total. The Morgan fingerprint density at radius 3 is 1.37 bits per heavy atom. The smallest absolute Gasteiger partial charge is 0.330 e. The van der Waals surface area contributed by atoms with Gasteiger partial charge in [0, 0.05) is 18.9 Å². The number of hydrogen-bond donors (Lipinski definition) is 0. The van der Waals surface area contributed by atoms with Gasteiger partial charge in [0.25, 0.3) is 0 Å². The van der Waals surface area contributed by atoms with Gasteiger partial charge in [-0.3, -0.25) is 38.4 Å². The Bertz CT molecular complexity index is 2870. The number of fused-ring (bicyclic) bond motifs is 1. The quantitative estimate of drug-likeness (QED) is 0.0204. The number of hydrogen-bond acceptors (Lipinski definition) is 22. The molecule has 6 rings (SSSR count). The molecule has 22 heteroatoms. The van der Waals surface area contributed by atoms with E-state index < -0.39 is 77.4 Å². The van der Waals surface area contributed by atoms with Gasteiger partial charge in [0.15, 0.2) is 0 Å². The van der Waals surface area contributed by atoms with Crippen LogP contribution in [0.25, 0.3) is 0 Å². The van der Waals surface area contributed by atoms with E-state index in [2.05, 4.69) is 11.3 Å². The highest BCUT2D eigenvalue weighted by atomic mass is 32.2. The van der Waals surface area contributed by atoms with Gasteiger partial charge in [-0.1, -0.05) is 54.4 Å². The third-order valence-corrected chi connectivity index (χ3v) is 15.6. The highest BCUT2D eigenvalue weighted by molar-refractivity contribution is 8.24. The largest absolute Gasteiger partial charge is 0.469 e. The van der Waals surface area contributed by atoms with E-state index in [1.165, 1.54) is 7.11 Å². The van der Waals surface area contributed by atoms with E-state index >= 15 is 0 Å². The van der Waals surface area contributed by atoms with Crippen molar-refractivity contribution in [2.24, 2.45) is 23.7 Å². The third kappa shape index (κ3) is 18.3. The van der Waals surface area contributed by atoms with Gasteiger partial charge in [-0.15, -0.1) is 0 Å². The molecule has 79 heavy (non-hydrogen) atoms. The standard InChI is InChI=1S/C57H58N2O18S2/c1-4-45(60)72-29-30-73-49(64)24-23-48(63)71-28-26-36-7-19-42(20-8-36)74-53(65)37-9-13-39(14-10-37)55(67)76-44-31-34(2)50(52-51(44)78-57(79-52)41(32-58)33-59)77-56(68)40-15-11-38(12-16-40)54(66)75-43-17-5-35(6-18-43)25-27-70-47(62)22-21-46(61)69-3/h4-8,17-20,31,37-40H,1,9-16,21-30H2,2-3H3. The number of rotatable bonds is 24. The summed E-state index contributed by atoms with van der Waals surface area (Å²) < 4.78 is 48.2. The zero-order valence-corrected chi connectivity index (χ0v) is 45.2. The number of methoxy groups -OCH3 is 1. The number of benzene rings is 3. The lowest BCUT2D eigenvalue weighted by atomic mass is 9.82. The molecule has 2 fully saturated rings. The Morgan fingerprint density at radius 2 is 0.937 bits per heavy atom. The lowest BCUT2D eigenvalue weighted by molar-refractivity contribution is -0.152. The number of carbonyl (C=O) groups excluding carboxylic acids is 9. The lowest BCUT2D eigenvalue weighted by Gasteiger charge is -2.27. The van der Waals surface area contributed by atoms with Crippen LogP contribution in [0.15, 0.2) is 86.9 Å². The summed E-state index contributed by atoms with van der Waals surface area (Å²) >= 11 is 2.13. The van der Waals surface area contributed by atoms with E-state index in [9.17, 15) is 53.7 Å². The first-order chi connectivity index (χ1) is 38.1. The van der Waals surface area contributed by atoms with Gasteiger partial charge in [0.1, 0.15) is 53.9 Å². The molecule has 416 valence electrons. The Morgan fingerprint density at radius 1 is 0.544 bits per heavy atom. The molecule has 0 spiro atoms. The van der Waals surface area contributed by atoms with E-state index in [1.54, 1.807) is 61.5 Å². The second-order valence-corrected chi connectivity index (χ2v) is 20.7. The highest BCUT2D eigenvalue weighted by Crippen LogP contribution is 2.60. The van der Waals surface area contributed by atoms with Crippen molar-refractivity contribution in [3.05, 3.63) is 93.8 Å². The number of nitrogens with zero attached hydrogens (tertiary/aromatic N) is 2. The predicted octanol–water partition coefficient (Wildman–Crippen LogP) is 8.26.